The Morgan fingerprint density at radius 2 is 1.31 bits per heavy atom. The van der Waals surface area contributed by atoms with Gasteiger partial charge in [-0.25, -0.2) is 19.6 Å². The average molecular weight is 220 g/mol. The van der Waals surface area contributed by atoms with E-state index in [-0.39, 0.29) is 0 Å². The Bertz CT molecular complexity index is 536. The summed E-state index contributed by atoms with van der Waals surface area (Å²) in [6, 6.07) is 3.13. The second kappa shape index (κ2) is 4.26. The zero-order chi connectivity index (χ0) is 11.4. The number of aromatic nitrogens is 4. The standard InChI is InChI=1S/C8H8N6O2/c15-7-9-3-1-5(11-7)13-14-6-2-4-10-8(16)12-6/h1-4H,(H2,9,11,13,15)(H2,10,12,14,16). The predicted molar refractivity (Wildman–Crippen MR) is 57.0 cm³/mol. The number of nitrogens with zero attached hydrogens (tertiary/aromatic N) is 2. The maximum atomic E-state index is 10.9. The van der Waals surface area contributed by atoms with Crippen molar-refractivity contribution >= 4 is 11.6 Å². The van der Waals surface area contributed by atoms with Gasteiger partial charge in [-0.2, -0.15) is 0 Å². The Balaban J connectivity index is 2.08. The number of nitrogens with one attached hydrogen (secondary N) is 4. The van der Waals surface area contributed by atoms with Gasteiger partial charge in [0, 0.05) is 12.4 Å². The molecule has 0 fully saturated rings. The molecule has 0 radical (unpaired) electrons. The predicted octanol–water partition coefficient (Wildman–Crippen LogP) is -0.708. The van der Waals surface area contributed by atoms with Crippen LogP contribution in [0, 0.1) is 0 Å². The van der Waals surface area contributed by atoms with E-state index < -0.39 is 11.4 Å². The Hall–Kier alpha value is -2.64. The average Bonchev–Trinajstić information content (AvgIpc) is 2.27. The molecule has 4 N–H and O–H groups in total. The summed E-state index contributed by atoms with van der Waals surface area (Å²) in [5.41, 5.74) is 4.45. The third-order valence-corrected chi connectivity index (χ3v) is 1.68. The number of hydrazine groups is 1. The molecule has 0 aliphatic rings. The van der Waals surface area contributed by atoms with Crippen LogP contribution in [0.3, 0.4) is 0 Å². The lowest BCUT2D eigenvalue weighted by Crippen LogP contribution is -2.19. The topological polar surface area (TPSA) is 116 Å². The summed E-state index contributed by atoms with van der Waals surface area (Å²) in [6.07, 6.45) is 2.72. The molecule has 2 aromatic heterocycles. The summed E-state index contributed by atoms with van der Waals surface area (Å²) in [7, 11) is 0. The van der Waals surface area contributed by atoms with E-state index in [1.54, 1.807) is 12.1 Å². The maximum Gasteiger partial charge on any atom is 0.346 e. The van der Waals surface area contributed by atoms with Crippen LogP contribution in [0.15, 0.2) is 34.1 Å². The van der Waals surface area contributed by atoms with Crippen LogP contribution in [0.2, 0.25) is 0 Å². The number of rotatable bonds is 3. The molecule has 8 nitrogen and oxygen atoms in total. The smallest absolute Gasteiger partial charge is 0.291 e. The van der Waals surface area contributed by atoms with Gasteiger partial charge in [-0.15, -0.1) is 0 Å². The Labute approximate surface area is 88.8 Å². The van der Waals surface area contributed by atoms with Crippen LogP contribution in [0.1, 0.15) is 0 Å². The second-order valence-corrected chi connectivity index (χ2v) is 2.83. The van der Waals surface area contributed by atoms with E-state index in [1.165, 1.54) is 12.4 Å². The van der Waals surface area contributed by atoms with E-state index in [4.69, 9.17) is 0 Å². The molecule has 2 heterocycles. The van der Waals surface area contributed by atoms with Crippen molar-refractivity contribution in [2.75, 3.05) is 10.9 Å². The lowest BCUT2D eigenvalue weighted by molar-refractivity contribution is 1.05. The fourth-order valence-corrected chi connectivity index (χ4v) is 1.02. The Morgan fingerprint density at radius 1 is 0.875 bits per heavy atom. The van der Waals surface area contributed by atoms with Crippen molar-refractivity contribution in [2.24, 2.45) is 0 Å². The highest BCUT2D eigenvalue weighted by atomic mass is 16.1. The first-order valence-corrected chi connectivity index (χ1v) is 4.37. The van der Waals surface area contributed by atoms with E-state index in [2.05, 4.69) is 30.8 Å². The van der Waals surface area contributed by atoms with Crippen molar-refractivity contribution in [2.45, 2.75) is 0 Å². The summed E-state index contributed by atoms with van der Waals surface area (Å²) >= 11 is 0. The highest BCUT2D eigenvalue weighted by molar-refractivity contribution is 5.42. The quantitative estimate of drug-likeness (QED) is 0.508. The van der Waals surface area contributed by atoms with Gasteiger partial charge < -0.3 is 0 Å². The van der Waals surface area contributed by atoms with Crippen LogP contribution in [0.25, 0.3) is 0 Å². The summed E-state index contributed by atoms with van der Waals surface area (Å²) in [5, 5.41) is 0. The first-order chi connectivity index (χ1) is 7.74. The Kier molecular flexibility index (Phi) is 2.63. The van der Waals surface area contributed by atoms with Crippen LogP contribution in [0.4, 0.5) is 11.6 Å². The fraction of sp³-hybridized carbons (Fsp3) is 0. The minimum atomic E-state index is -0.463. The van der Waals surface area contributed by atoms with Gasteiger partial charge in [0.2, 0.25) is 0 Å². The molecule has 0 amide bonds. The van der Waals surface area contributed by atoms with E-state index in [1.807, 2.05) is 0 Å². The molecule has 0 aliphatic heterocycles. The number of H-pyrrole nitrogens is 2. The van der Waals surface area contributed by atoms with Crippen molar-refractivity contribution < 1.29 is 0 Å². The van der Waals surface area contributed by atoms with Crippen LogP contribution < -0.4 is 22.2 Å². The van der Waals surface area contributed by atoms with Gasteiger partial charge >= 0.3 is 11.4 Å². The minimum Gasteiger partial charge on any atom is -0.291 e. The van der Waals surface area contributed by atoms with Crippen LogP contribution in [0.5, 0.6) is 0 Å². The lowest BCUT2D eigenvalue weighted by Gasteiger charge is -2.07. The summed E-state index contributed by atoms with van der Waals surface area (Å²) in [5.74, 6) is 0.857. The molecular formula is C8H8N6O2. The van der Waals surface area contributed by atoms with Gasteiger partial charge in [-0.05, 0) is 12.1 Å². The third-order valence-electron chi connectivity index (χ3n) is 1.68. The highest BCUT2D eigenvalue weighted by Gasteiger charge is 1.94. The number of hydrogen-bond donors (Lipinski definition) is 4. The molecule has 0 unspecified atom stereocenters. The zero-order valence-electron chi connectivity index (χ0n) is 8.02. The van der Waals surface area contributed by atoms with Crippen molar-refractivity contribution in [3.8, 4) is 0 Å². The van der Waals surface area contributed by atoms with Gasteiger partial charge in [0.1, 0.15) is 11.6 Å². The third kappa shape index (κ3) is 2.44. The van der Waals surface area contributed by atoms with Gasteiger partial charge in [-0.1, -0.05) is 0 Å². The van der Waals surface area contributed by atoms with Crippen molar-refractivity contribution in [3.05, 3.63) is 45.5 Å². The van der Waals surface area contributed by atoms with E-state index in [9.17, 15) is 9.59 Å². The molecule has 0 atom stereocenters. The van der Waals surface area contributed by atoms with Crippen molar-refractivity contribution in [3.63, 3.8) is 0 Å². The molecule has 0 aliphatic carbocycles. The molecule has 16 heavy (non-hydrogen) atoms. The van der Waals surface area contributed by atoms with Crippen LogP contribution in [-0.2, 0) is 0 Å². The molecule has 0 spiro atoms. The van der Waals surface area contributed by atoms with Crippen LogP contribution in [-0.4, -0.2) is 19.9 Å². The van der Waals surface area contributed by atoms with E-state index >= 15 is 0 Å². The lowest BCUT2D eigenvalue weighted by atomic mass is 10.6. The highest BCUT2D eigenvalue weighted by Crippen LogP contribution is 1.99. The van der Waals surface area contributed by atoms with Crippen LogP contribution >= 0.6 is 0 Å². The first kappa shape index (κ1) is 9.90. The normalized spacial score (nSPS) is 9.75. The summed E-state index contributed by atoms with van der Waals surface area (Å²) in [4.78, 5) is 33.5. The Morgan fingerprint density at radius 3 is 1.69 bits per heavy atom. The molecular weight excluding hydrogens is 212 g/mol. The summed E-state index contributed by atoms with van der Waals surface area (Å²) < 4.78 is 0. The molecule has 2 aromatic rings. The fourth-order valence-electron chi connectivity index (χ4n) is 1.02. The SMILES string of the molecule is O=c1nccc(NNc2ccnc(=O)[nH]2)[nH]1. The molecule has 82 valence electrons. The van der Waals surface area contributed by atoms with Crippen molar-refractivity contribution in [1.82, 2.24) is 19.9 Å². The van der Waals surface area contributed by atoms with E-state index in [0.29, 0.717) is 11.6 Å². The second-order valence-electron chi connectivity index (χ2n) is 2.83. The molecule has 2 rings (SSSR count). The number of anilines is 2. The summed E-state index contributed by atoms with van der Waals surface area (Å²) in [6.45, 7) is 0. The molecule has 0 bridgehead atoms. The van der Waals surface area contributed by atoms with Gasteiger partial charge in [0.15, 0.2) is 0 Å². The molecule has 0 aromatic carbocycles. The molecule has 8 heteroatoms. The molecule has 0 saturated carbocycles. The zero-order valence-corrected chi connectivity index (χ0v) is 8.02. The number of aromatic amines is 2. The maximum absolute atomic E-state index is 10.9. The van der Waals surface area contributed by atoms with Gasteiger partial charge in [0.05, 0.1) is 0 Å². The van der Waals surface area contributed by atoms with Gasteiger partial charge in [0.25, 0.3) is 0 Å². The van der Waals surface area contributed by atoms with Crippen molar-refractivity contribution in [1.29, 1.82) is 0 Å². The number of hydrogen-bond acceptors (Lipinski definition) is 6. The molecule has 0 saturated heterocycles. The van der Waals surface area contributed by atoms with E-state index in [0.717, 1.165) is 0 Å². The monoisotopic (exact) mass is 220 g/mol. The first-order valence-electron chi connectivity index (χ1n) is 4.37. The van der Waals surface area contributed by atoms with Gasteiger partial charge in [-0.3, -0.25) is 20.8 Å². The minimum absolute atomic E-state index is 0.428. The largest absolute Gasteiger partial charge is 0.346 e.